The van der Waals surface area contributed by atoms with Gasteiger partial charge in [-0.25, -0.2) is 0 Å². The number of ether oxygens (including phenoxy) is 1. The summed E-state index contributed by atoms with van der Waals surface area (Å²) in [5.41, 5.74) is 1.05. The third-order valence-corrected chi connectivity index (χ3v) is 3.85. The van der Waals surface area contributed by atoms with Gasteiger partial charge in [-0.05, 0) is 49.3 Å². The van der Waals surface area contributed by atoms with E-state index in [2.05, 4.69) is 10.1 Å². The van der Waals surface area contributed by atoms with Crippen LogP contribution in [0.5, 0.6) is 5.75 Å². The Morgan fingerprint density at radius 2 is 1.80 bits per heavy atom. The highest BCUT2D eigenvalue weighted by Gasteiger charge is 2.19. The van der Waals surface area contributed by atoms with Crippen LogP contribution >= 0.6 is 0 Å². The molecule has 0 amide bonds. The summed E-state index contributed by atoms with van der Waals surface area (Å²) in [6, 6.07) is 7.20. The van der Waals surface area contributed by atoms with Crippen LogP contribution in [0.15, 0.2) is 24.3 Å². The van der Waals surface area contributed by atoms with E-state index in [1.54, 1.807) is 24.3 Å². The predicted octanol–water partition coefficient (Wildman–Crippen LogP) is 2.93. The van der Waals surface area contributed by atoms with E-state index in [0.717, 1.165) is 37.8 Å². The molecule has 2 N–H and O–H groups in total. The third-order valence-electron chi connectivity index (χ3n) is 3.85. The summed E-state index contributed by atoms with van der Waals surface area (Å²) < 4.78 is 28.4. The van der Waals surface area contributed by atoms with Crippen LogP contribution in [-0.2, 0) is 6.54 Å². The van der Waals surface area contributed by atoms with Gasteiger partial charge in [0, 0.05) is 19.2 Å². The minimum atomic E-state index is -2.78. The largest absolute Gasteiger partial charge is 0.435 e. The second kappa shape index (κ2) is 7.55. The van der Waals surface area contributed by atoms with Crippen molar-refractivity contribution in [3.8, 4) is 5.75 Å². The summed E-state index contributed by atoms with van der Waals surface area (Å²) in [5.74, 6) is 0.644. The third kappa shape index (κ3) is 4.72. The maximum Gasteiger partial charge on any atom is 0.387 e. The first-order valence-electron chi connectivity index (χ1n) is 7.05. The SMILES string of the molecule is OCC1CCC(NCc2ccc(OC(F)F)cc2)CC1. The number of benzene rings is 1. The van der Waals surface area contributed by atoms with Crippen LogP contribution < -0.4 is 10.1 Å². The van der Waals surface area contributed by atoms with Crippen LogP contribution in [0.3, 0.4) is 0 Å². The standard InChI is InChI=1S/C15H21F2NO2/c16-15(17)20-14-7-3-11(4-8-14)9-18-13-5-1-12(10-19)2-6-13/h3-4,7-8,12-13,15,18-19H,1-2,5-6,9-10H2. The van der Waals surface area contributed by atoms with Crippen molar-refractivity contribution in [2.24, 2.45) is 5.92 Å². The quantitative estimate of drug-likeness (QED) is 0.844. The van der Waals surface area contributed by atoms with E-state index in [1.807, 2.05) is 0 Å². The van der Waals surface area contributed by atoms with E-state index in [-0.39, 0.29) is 12.4 Å². The number of aliphatic hydroxyl groups is 1. The Labute approximate surface area is 117 Å². The maximum absolute atomic E-state index is 12.0. The molecule has 20 heavy (non-hydrogen) atoms. The molecule has 0 spiro atoms. The molecule has 3 nitrogen and oxygen atoms in total. The van der Waals surface area contributed by atoms with Gasteiger partial charge in [0.25, 0.3) is 0 Å². The number of halogens is 2. The normalized spacial score (nSPS) is 23.0. The molecule has 0 heterocycles. The average Bonchev–Trinajstić information content (AvgIpc) is 2.46. The first-order chi connectivity index (χ1) is 9.67. The molecule has 1 aromatic rings. The molecule has 0 saturated heterocycles. The molecule has 1 fully saturated rings. The van der Waals surface area contributed by atoms with Crippen LogP contribution in [0.1, 0.15) is 31.2 Å². The topological polar surface area (TPSA) is 41.5 Å². The monoisotopic (exact) mass is 285 g/mol. The van der Waals surface area contributed by atoms with E-state index < -0.39 is 6.61 Å². The molecular weight excluding hydrogens is 264 g/mol. The minimum absolute atomic E-state index is 0.187. The summed E-state index contributed by atoms with van der Waals surface area (Å²) in [5, 5.41) is 12.6. The maximum atomic E-state index is 12.0. The van der Waals surface area contributed by atoms with Crippen molar-refractivity contribution in [2.45, 2.75) is 44.9 Å². The highest BCUT2D eigenvalue weighted by atomic mass is 19.3. The molecule has 0 bridgehead atoms. The van der Waals surface area contributed by atoms with E-state index in [4.69, 9.17) is 5.11 Å². The number of rotatable bonds is 6. The zero-order valence-electron chi connectivity index (χ0n) is 11.4. The second-order valence-electron chi connectivity index (χ2n) is 5.30. The van der Waals surface area contributed by atoms with Gasteiger partial charge in [0.05, 0.1) is 0 Å². The molecular formula is C15H21F2NO2. The zero-order chi connectivity index (χ0) is 14.4. The summed E-state index contributed by atoms with van der Waals surface area (Å²) in [7, 11) is 0. The van der Waals surface area contributed by atoms with Crippen molar-refractivity contribution in [2.75, 3.05) is 6.61 Å². The van der Waals surface area contributed by atoms with Gasteiger partial charge in [-0.1, -0.05) is 12.1 Å². The zero-order valence-corrected chi connectivity index (χ0v) is 11.4. The van der Waals surface area contributed by atoms with Crippen LogP contribution in [0.25, 0.3) is 0 Å². The highest BCUT2D eigenvalue weighted by molar-refractivity contribution is 5.27. The molecule has 1 aromatic carbocycles. The molecule has 0 atom stereocenters. The van der Waals surface area contributed by atoms with E-state index >= 15 is 0 Å². The van der Waals surface area contributed by atoms with Gasteiger partial charge >= 0.3 is 6.61 Å². The average molecular weight is 285 g/mol. The summed E-state index contributed by atoms with van der Waals surface area (Å²) in [6.07, 6.45) is 4.29. The van der Waals surface area contributed by atoms with E-state index in [1.165, 1.54) is 0 Å². The fourth-order valence-corrected chi connectivity index (χ4v) is 2.60. The molecule has 0 radical (unpaired) electrons. The lowest BCUT2D eigenvalue weighted by atomic mass is 9.86. The molecule has 1 aliphatic carbocycles. The Kier molecular flexibility index (Phi) is 5.73. The number of alkyl halides is 2. The van der Waals surface area contributed by atoms with Gasteiger partial charge in [0.15, 0.2) is 0 Å². The number of hydrogen-bond acceptors (Lipinski definition) is 3. The van der Waals surface area contributed by atoms with Gasteiger partial charge in [0.2, 0.25) is 0 Å². The van der Waals surface area contributed by atoms with Gasteiger partial charge in [-0.15, -0.1) is 0 Å². The molecule has 2 rings (SSSR count). The Bertz CT molecular complexity index is 389. The highest BCUT2D eigenvalue weighted by Crippen LogP contribution is 2.24. The lowest BCUT2D eigenvalue weighted by Crippen LogP contribution is -2.33. The number of hydrogen-bond donors (Lipinski definition) is 2. The molecule has 0 aromatic heterocycles. The van der Waals surface area contributed by atoms with Crippen molar-refractivity contribution in [1.82, 2.24) is 5.32 Å². The van der Waals surface area contributed by atoms with Gasteiger partial charge in [-0.3, -0.25) is 0 Å². The van der Waals surface area contributed by atoms with Gasteiger partial charge in [-0.2, -0.15) is 8.78 Å². The Balaban J connectivity index is 1.74. The predicted molar refractivity (Wildman–Crippen MR) is 72.7 cm³/mol. The first kappa shape index (κ1) is 15.2. The first-order valence-corrected chi connectivity index (χ1v) is 7.05. The van der Waals surface area contributed by atoms with Crippen molar-refractivity contribution in [1.29, 1.82) is 0 Å². The Morgan fingerprint density at radius 3 is 2.35 bits per heavy atom. The molecule has 0 aliphatic heterocycles. The van der Waals surface area contributed by atoms with Crippen molar-refractivity contribution < 1.29 is 18.6 Å². The number of aliphatic hydroxyl groups excluding tert-OH is 1. The van der Waals surface area contributed by atoms with E-state index in [9.17, 15) is 8.78 Å². The minimum Gasteiger partial charge on any atom is -0.435 e. The summed E-state index contributed by atoms with van der Waals surface area (Å²) in [4.78, 5) is 0. The molecule has 0 unspecified atom stereocenters. The molecule has 1 aliphatic rings. The van der Waals surface area contributed by atoms with Crippen LogP contribution in [0.2, 0.25) is 0 Å². The Morgan fingerprint density at radius 1 is 1.15 bits per heavy atom. The lowest BCUT2D eigenvalue weighted by molar-refractivity contribution is -0.0498. The fraction of sp³-hybridized carbons (Fsp3) is 0.600. The fourth-order valence-electron chi connectivity index (χ4n) is 2.60. The summed E-state index contributed by atoms with van der Waals surface area (Å²) >= 11 is 0. The lowest BCUT2D eigenvalue weighted by Gasteiger charge is -2.28. The van der Waals surface area contributed by atoms with Crippen LogP contribution in [-0.4, -0.2) is 24.4 Å². The van der Waals surface area contributed by atoms with E-state index in [0.29, 0.717) is 12.0 Å². The number of nitrogens with one attached hydrogen (secondary N) is 1. The second-order valence-corrected chi connectivity index (χ2v) is 5.30. The Hall–Kier alpha value is -1.20. The summed E-state index contributed by atoms with van der Waals surface area (Å²) in [6.45, 7) is -1.76. The van der Waals surface area contributed by atoms with Crippen LogP contribution in [0, 0.1) is 5.92 Å². The van der Waals surface area contributed by atoms with Crippen molar-refractivity contribution >= 4 is 0 Å². The van der Waals surface area contributed by atoms with Crippen LogP contribution in [0.4, 0.5) is 8.78 Å². The smallest absolute Gasteiger partial charge is 0.387 e. The molecule has 1 saturated carbocycles. The molecule has 5 heteroatoms. The van der Waals surface area contributed by atoms with Crippen molar-refractivity contribution in [3.63, 3.8) is 0 Å². The van der Waals surface area contributed by atoms with Gasteiger partial charge < -0.3 is 15.2 Å². The molecule has 112 valence electrons. The van der Waals surface area contributed by atoms with Crippen molar-refractivity contribution in [3.05, 3.63) is 29.8 Å². The van der Waals surface area contributed by atoms with Gasteiger partial charge in [0.1, 0.15) is 5.75 Å².